The van der Waals surface area contributed by atoms with E-state index in [0.717, 1.165) is 0 Å². The summed E-state index contributed by atoms with van der Waals surface area (Å²) >= 11 is 0. The van der Waals surface area contributed by atoms with Crippen LogP contribution in [0.2, 0.25) is 0 Å². The van der Waals surface area contributed by atoms with E-state index >= 15 is 0 Å². The minimum Gasteiger partial charge on any atom is -0.394 e. The van der Waals surface area contributed by atoms with Crippen molar-refractivity contribution in [3.63, 3.8) is 0 Å². The van der Waals surface area contributed by atoms with Crippen LogP contribution in [0.4, 0.5) is 0 Å². The number of aliphatic hydroxyl groups excluding tert-OH is 2. The lowest BCUT2D eigenvalue weighted by molar-refractivity contribution is -0.217. The van der Waals surface area contributed by atoms with Crippen LogP contribution in [0.1, 0.15) is 13.8 Å². The second kappa shape index (κ2) is 4.41. The maximum absolute atomic E-state index is 9.57. The summed E-state index contributed by atoms with van der Waals surface area (Å²) in [6.45, 7) is 2.96. The van der Waals surface area contributed by atoms with Crippen LogP contribution in [0.3, 0.4) is 0 Å². The van der Waals surface area contributed by atoms with E-state index in [1.54, 1.807) is 13.8 Å². The normalized spacial score (nSPS) is 40.7. The van der Waals surface area contributed by atoms with Crippen molar-refractivity contribution in [3.8, 4) is 0 Å². The SMILES string of the molecule is CC1(C)O[C@H]2O[C@H]([C@@H](O)CO)[C@@H](N=[N+]=[N-])[C@H]2O1. The molecule has 0 radical (unpaired) electrons. The van der Waals surface area contributed by atoms with Crippen molar-refractivity contribution >= 4 is 0 Å². The highest BCUT2D eigenvalue weighted by Crippen LogP contribution is 2.39. The Morgan fingerprint density at radius 2 is 2.18 bits per heavy atom. The Bertz CT molecular complexity index is 344. The molecule has 8 nitrogen and oxygen atoms in total. The first-order valence-electron chi connectivity index (χ1n) is 5.33. The summed E-state index contributed by atoms with van der Waals surface area (Å²) in [7, 11) is 0. The third kappa shape index (κ3) is 2.23. The number of aliphatic hydroxyl groups is 2. The van der Waals surface area contributed by atoms with Gasteiger partial charge >= 0.3 is 0 Å². The van der Waals surface area contributed by atoms with Crippen molar-refractivity contribution in [2.24, 2.45) is 5.11 Å². The number of hydrogen-bond acceptors (Lipinski definition) is 6. The van der Waals surface area contributed by atoms with Gasteiger partial charge in [0.25, 0.3) is 0 Å². The minimum atomic E-state index is -1.13. The Kier molecular flexibility index (Phi) is 3.26. The van der Waals surface area contributed by atoms with Crippen LogP contribution in [0.25, 0.3) is 10.4 Å². The number of fused-ring (bicyclic) bond motifs is 1. The molecule has 2 N–H and O–H groups in total. The Labute approximate surface area is 97.7 Å². The lowest BCUT2D eigenvalue weighted by atomic mass is 10.0. The molecule has 17 heavy (non-hydrogen) atoms. The van der Waals surface area contributed by atoms with Crippen LogP contribution in [-0.2, 0) is 14.2 Å². The molecule has 0 unspecified atom stereocenters. The van der Waals surface area contributed by atoms with E-state index < -0.39 is 43.0 Å². The van der Waals surface area contributed by atoms with Gasteiger partial charge in [0.1, 0.15) is 18.3 Å². The van der Waals surface area contributed by atoms with E-state index in [2.05, 4.69) is 10.0 Å². The fourth-order valence-electron chi connectivity index (χ4n) is 2.13. The highest BCUT2D eigenvalue weighted by molar-refractivity contribution is 5.00. The average molecular weight is 245 g/mol. The van der Waals surface area contributed by atoms with Crippen molar-refractivity contribution in [3.05, 3.63) is 10.4 Å². The first kappa shape index (κ1) is 12.6. The summed E-state index contributed by atoms with van der Waals surface area (Å²) in [6, 6.07) is -0.714. The molecule has 0 aromatic rings. The lowest BCUT2D eigenvalue weighted by Crippen LogP contribution is -2.41. The molecule has 2 saturated heterocycles. The lowest BCUT2D eigenvalue weighted by Gasteiger charge is -2.25. The zero-order valence-corrected chi connectivity index (χ0v) is 9.55. The summed E-state index contributed by atoms with van der Waals surface area (Å²) in [5, 5.41) is 22.0. The summed E-state index contributed by atoms with van der Waals surface area (Å²) in [5.74, 6) is -0.812. The van der Waals surface area contributed by atoms with Crippen molar-refractivity contribution in [2.45, 2.75) is 50.3 Å². The molecule has 2 aliphatic heterocycles. The second-order valence-electron chi connectivity index (χ2n) is 4.51. The van der Waals surface area contributed by atoms with Crippen LogP contribution in [0, 0.1) is 0 Å². The van der Waals surface area contributed by atoms with E-state index in [1.165, 1.54) is 0 Å². The summed E-state index contributed by atoms with van der Waals surface area (Å²) in [5.41, 5.74) is 8.51. The maximum atomic E-state index is 9.57. The molecule has 96 valence electrons. The Hall–Kier alpha value is -0.890. The molecule has 0 saturated carbocycles. The smallest absolute Gasteiger partial charge is 0.188 e. The van der Waals surface area contributed by atoms with Crippen LogP contribution in [0.15, 0.2) is 5.11 Å². The third-order valence-corrected chi connectivity index (χ3v) is 2.80. The zero-order valence-electron chi connectivity index (χ0n) is 9.55. The maximum Gasteiger partial charge on any atom is 0.188 e. The van der Waals surface area contributed by atoms with Crippen molar-refractivity contribution < 1.29 is 24.4 Å². The highest BCUT2D eigenvalue weighted by atomic mass is 16.8. The van der Waals surface area contributed by atoms with Gasteiger partial charge in [-0.05, 0) is 19.4 Å². The van der Waals surface area contributed by atoms with Gasteiger partial charge in [0.2, 0.25) is 0 Å². The van der Waals surface area contributed by atoms with Gasteiger partial charge in [-0.3, -0.25) is 0 Å². The van der Waals surface area contributed by atoms with Crippen molar-refractivity contribution in [2.75, 3.05) is 6.61 Å². The first-order valence-corrected chi connectivity index (χ1v) is 5.33. The monoisotopic (exact) mass is 245 g/mol. The summed E-state index contributed by atoms with van der Waals surface area (Å²) < 4.78 is 16.4. The third-order valence-electron chi connectivity index (χ3n) is 2.80. The number of azide groups is 1. The van der Waals surface area contributed by atoms with Gasteiger partial charge in [-0.25, -0.2) is 0 Å². The van der Waals surface area contributed by atoms with Crippen LogP contribution in [0.5, 0.6) is 0 Å². The minimum absolute atomic E-state index is 0.481. The molecule has 2 rings (SSSR count). The molecule has 0 bridgehead atoms. The average Bonchev–Trinajstić information content (AvgIpc) is 2.72. The van der Waals surface area contributed by atoms with Gasteiger partial charge < -0.3 is 24.4 Å². The van der Waals surface area contributed by atoms with Gasteiger partial charge in [0.15, 0.2) is 12.1 Å². The molecule has 5 atom stereocenters. The van der Waals surface area contributed by atoms with Crippen LogP contribution in [-0.4, -0.2) is 53.3 Å². The Morgan fingerprint density at radius 3 is 2.76 bits per heavy atom. The van der Waals surface area contributed by atoms with Crippen molar-refractivity contribution in [1.82, 2.24) is 0 Å². The van der Waals surface area contributed by atoms with Gasteiger partial charge in [-0.1, -0.05) is 5.11 Å². The topological polar surface area (TPSA) is 117 Å². The van der Waals surface area contributed by atoms with E-state index in [0.29, 0.717) is 0 Å². The highest BCUT2D eigenvalue weighted by Gasteiger charge is 2.55. The summed E-state index contributed by atoms with van der Waals surface area (Å²) in [4.78, 5) is 2.71. The zero-order chi connectivity index (χ0) is 12.6. The molecule has 2 aliphatic rings. The number of nitrogens with zero attached hydrogens (tertiary/aromatic N) is 3. The van der Waals surface area contributed by atoms with Crippen LogP contribution < -0.4 is 0 Å². The van der Waals surface area contributed by atoms with E-state index in [1.807, 2.05) is 0 Å². The molecule has 2 heterocycles. The molecule has 0 amide bonds. The number of rotatable bonds is 3. The molecule has 2 fully saturated rings. The molecule has 0 aromatic carbocycles. The van der Waals surface area contributed by atoms with E-state index in [9.17, 15) is 5.11 Å². The van der Waals surface area contributed by atoms with Gasteiger partial charge in [0, 0.05) is 4.91 Å². The van der Waals surface area contributed by atoms with Crippen molar-refractivity contribution in [1.29, 1.82) is 0 Å². The fourth-order valence-corrected chi connectivity index (χ4v) is 2.13. The van der Waals surface area contributed by atoms with Crippen LogP contribution >= 0.6 is 0 Å². The largest absolute Gasteiger partial charge is 0.394 e. The predicted molar refractivity (Wildman–Crippen MR) is 54.7 cm³/mol. The van der Waals surface area contributed by atoms with Gasteiger partial charge in [-0.2, -0.15) is 0 Å². The second-order valence-corrected chi connectivity index (χ2v) is 4.51. The Balaban J connectivity index is 2.18. The number of ether oxygens (including phenoxy) is 3. The van der Waals surface area contributed by atoms with Gasteiger partial charge in [0.05, 0.1) is 12.6 Å². The van der Waals surface area contributed by atoms with Gasteiger partial charge in [-0.15, -0.1) is 0 Å². The molecular formula is C9H15N3O5. The number of hydrogen-bond donors (Lipinski definition) is 2. The fraction of sp³-hybridized carbons (Fsp3) is 1.00. The standard InChI is InChI=1S/C9H15N3O5/c1-9(2)16-7-5(11-12-10)6(4(14)3-13)15-8(7)17-9/h4-8,13-14H,3H2,1-2H3/t4-,5+,6+,7+,8+/m0/s1. The summed E-state index contributed by atoms with van der Waals surface area (Å²) in [6.07, 6.45) is -3.20. The van der Waals surface area contributed by atoms with E-state index in [-0.39, 0.29) is 0 Å². The molecule has 8 heteroatoms. The molecular weight excluding hydrogens is 230 g/mol. The molecule has 0 aromatic heterocycles. The Morgan fingerprint density at radius 1 is 1.47 bits per heavy atom. The quantitative estimate of drug-likeness (QED) is 0.409. The first-order chi connectivity index (χ1) is 7.98. The van der Waals surface area contributed by atoms with E-state index in [4.69, 9.17) is 24.8 Å². The molecule has 0 spiro atoms. The predicted octanol–water partition coefficient (Wildman–Crippen LogP) is -0.105. The molecule has 0 aliphatic carbocycles.